The van der Waals surface area contributed by atoms with Crippen molar-refractivity contribution in [1.82, 2.24) is 10.3 Å². The van der Waals surface area contributed by atoms with Crippen LogP contribution in [-0.2, 0) is 11.2 Å². The number of aromatic nitrogens is 1. The van der Waals surface area contributed by atoms with Crippen LogP contribution in [0.4, 0.5) is 0 Å². The summed E-state index contributed by atoms with van der Waals surface area (Å²) in [6.45, 7) is 2.49. The number of amides is 1. The third kappa shape index (κ3) is 4.34. The first-order chi connectivity index (χ1) is 12.2. The van der Waals surface area contributed by atoms with E-state index in [0.717, 1.165) is 22.9 Å². The fourth-order valence-corrected chi connectivity index (χ4v) is 2.95. The second-order valence-electron chi connectivity index (χ2n) is 5.87. The van der Waals surface area contributed by atoms with Gasteiger partial charge >= 0.3 is 0 Å². The zero-order chi connectivity index (χ0) is 17.6. The SMILES string of the molecule is CCC(Oc1ccccc1)C(=O)NCCc1c[nH]c2ccc(Cl)cc12. The third-order valence-electron chi connectivity index (χ3n) is 4.11. The molecule has 2 aromatic carbocycles. The fraction of sp³-hybridized carbons (Fsp3) is 0.250. The Labute approximate surface area is 152 Å². The van der Waals surface area contributed by atoms with E-state index in [9.17, 15) is 4.79 Å². The van der Waals surface area contributed by atoms with Gasteiger partial charge in [0, 0.05) is 28.7 Å². The van der Waals surface area contributed by atoms with E-state index in [0.29, 0.717) is 23.7 Å². The Bertz CT molecular complexity index is 845. The van der Waals surface area contributed by atoms with Crippen LogP contribution in [0.3, 0.4) is 0 Å². The van der Waals surface area contributed by atoms with Gasteiger partial charge in [-0.3, -0.25) is 4.79 Å². The first kappa shape index (κ1) is 17.4. The summed E-state index contributed by atoms with van der Waals surface area (Å²) in [6.07, 6.45) is 2.82. The van der Waals surface area contributed by atoms with Crippen molar-refractivity contribution < 1.29 is 9.53 Å². The molecular weight excluding hydrogens is 336 g/mol. The summed E-state index contributed by atoms with van der Waals surface area (Å²) in [5.74, 6) is 0.611. The van der Waals surface area contributed by atoms with Crippen LogP contribution >= 0.6 is 11.6 Å². The number of para-hydroxylation sites is 1. The van der Waals surface area contributed by atoms with Crippen molar-refractivity contribution in [2.75, 3.05) is 6.54 Å². The summed E-state index contributed by atoms with van der Waals surface area (Å²) in [4.78, 5) is 15.6. The second-order valence-corrected chi connectivity index (χ2v) is 6.31. The van der Waals surface area contributed by atoms with E-state index in [-0.39, 0.29) is 5.91 Å². The maximum absolute atomic E-state index is 12.4. The molecule has 0 bridgehead atoms. The molecule has 25 heavy (non-hydrogen) atoms. The lowest BCUT2D eigenvalue weighted by atomic mass is 10.1. The molecule has 1 aromatic heterocycles. The number of rotatable bonds is 7. The van der Waals surface area contributed by atoms with Gasteiger partial charge in [-0.1, -0.05) is 36.7 Å². The molecule has 0 saturated carbocycles. The Balaban J connectivity index is 1.56. The van der Waals surface area contributed by atoms with Crippen LogP contribution in [-0.4, -0.2) is 23.5 Å². The predicted octanol–water partition coefficient (Wildman–Crippen LogP) is 4.34. The number of ether oxygens (including phenoxy) is 1. The predicted molar refractivity (Wildman–Crippen MR) is 101 cm³/mol. The summed E-state index contributed by atoms with van der Waals surface area (Å²) in [5, 5.41) is 4.76. The monoisotopic (exact) mass is 356 g/mol. The summed E-state index contributed by atoms with van der Waals surface area (Å²) >= 11 is 6.07. The fourth-order valence-electron chi connectivity index (χ4n) is 2.78. The maximum atomic E-state index is 12.4. The number of hydrogen-bond acceptors (Lipinski definition) is 2. The molecule has 3 rings (SSSR count). The summed E-state index contributed by atoms with van der Waals surface area (Å²) in [7, 11) is 0. The first-order valence-corrected chi connectivity index (χ1v) is 8.80. The van der Waals surface area contributed by atoms with E-state index in [2.05, 4.69) is 10.3 Å². The Morgan fingerprint density at radius 2 is 2.04 bits per heavy atom. The van der Waals surface area contributed by atoms with Gasteiger partial charge in [0.15, 0.2) is 6.10 Å². The van der Waals surface area contributed by atoms with Gasteiger partial charge in [-0.2, -0.15) is 0 Å². The Kier molecular flexibility index (Phi) is 5.61. The van der Waals surface area contributed by atoms with Gasteiger partial charge in [0.1, 0.15) is 5.75 Å². The van der Waals surface area contributed by atoms with Crippen molar-refractivity contribution in [3.63, 3.8) is 0 Å². The number of carbonyl (C=O) groups is 1. The van der Waals surface area contributed by atoms with Crippen LogP contribution in [0.15, 0.2) is 54.7 Å². The number of H-pyrrole nitrogens is 1. The summed E-state index contributed by atoms with van der Waals surface area (Å²) in [6, 6.07) is 15.2. The largest absolute Gasteiger partial charge is 0.481 e. The number of fused-ring (bicyclic) bond motifs is 1. The standard InChI is InChI=1S/C20H21ClN2O2/c1-2-19(25-16-6-4-3-5-7-16)20(24)22-11-10-14-13-23-18-9-8-15(21)12-17(14)18/h3-9,12-13,19,23H,2,10-11H2,1H3,(H,22,24). The Morgan fingerprint density at radius 1 is 1.24 bits per heavy atom. The molecule has 0 aliphatic rings. The lowest BCUT2D eigenvalue weighted by Gasteiger charge is -2.17. The number of halogens is 1. The van der Waals surface area contributed by atoms with Gasteiger partial charge in [-0.05, 0) is 48.7 Å². The molecule has 5 heteroatoms. The topological polar surface area (TPSA) is 54.1 Å². The third-order valence-corrected chi connectivity index (χ3v) is 4.34. The van der Waals surface area contributed by atoms with Gasteiger partial charge in [-0.25, -0.2) is 0 Å². The van der Waals surface area contributed by atoms with E-state index < -0.39 is 6.10 Å². The zero-order valence-electron chi connectivity index (χ0n) is 14.1. The Hall–Kier alpha value is -2.46. The van der Waals surface area contributed by atoms with Gasteiger partial charge < -0.3 is 15.0 Å². The molecule has 0 radical (unpaired) electrons. The highest BCUT2D eigenvalue weighted by Gasteiger charge is 2.17. The Morgan fingerprint density at radius 3 is 2.80 bits per heavy atom. The summed E-state index contributed by atoms with van der Waals surface area (Å²) in [5.41, 5.74) is 2.18. The van der Waals surface area contributed by atoms with Gasteiger partial charge in [0.25, 0.3) is 5.91 Å². The van der Waals surface area contributed by atoms with Crippen molar-refractivity contribution >= 4 is 28.4 Å². The van der Waals surface area contributed by atoms with Crippen molar-refractivity contribution in [2.45, 2.75) is 25.9 Å². The van der Waals surface area contributed by atoms with Crippen LogP contribution < -0.4 is 10.1 Å². The van der Waals surface area contributed by atoms with Crippen molar-refractivity contribution in [1.29, 1.82) is 0 Å². The molecule has 0 saturated heterocycles. The van der Waals surface area contributed by atoms with Crippen molar-refractivity contribution in [2.24, 2.45) is 0 Å². The smallest absolute Gasteiger partial charge is 0.261 e. The molecule has 1 amide bonds. The molecule has 0 aliphatic heterocycles. The first-order valence-electron chi connectivity index (χ1n) is 8.42. The highest BCUT2D eigenvalue weighted by Crippen LogP contribution is 2.22. The van der Waals surface area contributed by atoms with Crippen molar-refractivity contribution in [3.05, 3.63) is 65.3 Å². The van der Waals surface area contributed by atoms with Crippen LogP contribution in [0.2, 0.25) is 5.02 Å². The molecule has 4 nitrogen and oxygen atoms in total. The molecular formula is C20H21ClN2O2. The number of benzene rings is 2. The van der Waals surface area contributed by atoms with E-state index in [1.807, 2.05) is 61.7 Å². The van der Waals surface area contributed by atoms with Gasteiger partial charge in [-0.15, -0.1) is 0 Å². The van der Waals surface area contributed by atoms with Gasteiger partial charge in [0.2, 0.25) is 0 Å². The molecule has 0 fully saturated rings. The molecule has 2 N–H and O–H groups in total. The second kappa shape index (κ2) is 8.08. The minimum absolute atomic E-state index is 0.0933. The molecule has 1 atom stereocenters. The minimum Gasteiger partial charge on any atom is -0.481 e. The summed E-state index contributed by atoms with van der Waals surface area (Å²) < 4.78 is 5.76. The molecule has 0 spiro atoms. The zero-order valence-corrected chi connectivity index (χ0v) is 14.8. The number of hydrogen-bond donors (Lipinski definition) is 2. The number of carbonyl (C=O) groups excluding carboxylic acids is 1. The average Bonchev–Trinajstić information content (AvgIpc) is 3.02. The van der Waals surface area contributed by atoms with Crippen molar-refractivity contribution in [3.8, 4) is 5.75 Å². The van der Waals surface area contributed by atoms with Crippen LogP contribution in [0.5, 0.6) is 5.75 Å². The van der Waals surface area contributed by atoms with Crippen LogP contribution in [0.25, 0.3) is 10.9 Å². The molecule has 1 heterocycles. The van der Waals surface area contributed by atoms with E-state index in [1.54, 1.807) is 0 Å². The van der Waals surface area contributed by atoms with Crippen LogP contribution in [0, 0.1) is 0 Å². The molecule has 3 aromatic rings. The number of aromatic amines is 1. The van der Waals surface area contributed by atoms with E-state index in [1.165, 1.54) is 0 Å². The minimum atomic E-state index is -0.486. The average molecular weight is 357 g/mol. The normalized spacial score (nSPS) is 12.1. The number of nitrogens with one attached hydrogen (secondary N) is 2. The lowest BCUT2D eigenvalue weighted by Crippen LogP contribution is -2.38. The highest BCUT2D eigenvalue weighted by atomic mass is 35.5. The van der Waals surface area contributed by atoms with Gasteiger partial charge in [0.05, 0.1) is 0 Å². The highest BCUT2D eigenvalue weighted by molar-refractivity contribution is 6.31. The molecule has 130 valence electrons. The van der Waals surface area contributed by atoms with E-state index in [4.69, 9.17) is 16.3 Å². The van der Waals surface area contributed by atoms with E-state index >= 15 is 0 Å². The quantitative estimate of drug-likeness (QED) is 0.661. The lowest BCUT2D eigenvalue weighted by molar-refractivity contribution is -0.128. The maximum Gasteiger partial charge on any atom is 0.261 e. The molecule has 1 unspecified atom stereocenters. The molecule has 0 aliphatic carbocycles. The van der Waals surface area contributed by atoms with Crippen LogP contribution in [0.1, 0.15) is 18.9 Å².